The second-order valence-corrected chi connectivity index (χ2v) is 6.88. The molecular weight excluding hydrogens is 373 g/mol. The summed E-state index contributed by atoms with van der Waals surface area (Å²) in [5.74, 6) is -1.81. The Morgan fingerprint density at radius 2 is 1.79 bits per heavy atom. The van der Waals surface area contributed by atoms with Gasteiger partial charge in [0.15, 0.2) is 0 Å². The maximum atomic E-state index is 13.1. The van der Waals surface area contributed by atoms with Crippen molar-refractivity contribution < 1.29 is 22.8 Å². The quantitative estimate of drug-likeness (QED) is 0.637. The lowest BCUT2D eigenvalue weighted by molar-refractivity contribution is -0.137. The van der Waals surface area contributed by atoms with E-state index in [0.717, 1.165) is 25.0 Å². The highest BCUT2D eigenvalue weighted by Crippen LogP contribution is 2.36. The lowest BCUT2D eigenvalue weighted by atomic mass is 10.1. The standard InChI is InChI=1S/C19H21F3N4O2/c1-11-16(12(2)25(3)24-11)17(27)18(28)23-14-10-13(19(20,21)22)6-7-15(14)26-8-4-5-9-26/h6-7,10H,4-5,8-9H2,1-3H3,(H,23,28). The Bertz CT molecular complexity index is 928. The van der Waals surface area contributed by atoms with Gasteiger partial charge in [0, 0.05) is 25.8 Å². The Kier molecular flexibility index (Phi) is 5.18. The third kappa shape index (κ3) is 3.74. The lowest BCUT2D eigenvalue weighted by Crippen LogP contribution is -2.26. The molecule has 1 saturated heterocycles. The molecule has 9 heteroatoms. The molecule has 1 fully saturated rings. The molecular formula is C19H21F3N4O2. The van der Waals surface area contributed by atoms with Crippen LogP contribution in [0.2, 0.25) is 0 Å². The van der Waals surface area contributed by atoms with Crippen LogP contribution >= 0.6 is 0 Å². The summed E-state index contributed by atoms with van der Waals surface area (Å²) in [4.78, 5) is 27.1. The smallest absolute Gasteiger partial charge is 0.370 e. The minimum atomic E-state index is -4.55. The number of hydrogen-bond acceptors (Lipinski definition) is 4. The fraction of sp³-hybridized carbons (Fsp3) is 0.421. The predicted molar refractivity (Wildman–Crippen MR) is 98.5 cm³/mol. The first-order chi connectivity index (χ1) is 13.1. The summed E-state index contributed by atoms with van der Waals surface area (Å²) in [6.45, 7) is 4.62. The molecule has 1 aromatic heterocycles. The number of aromatic nitrogens is 2. The maximum Gasteiger partial charge on any atom is 0.416 e. The van der Waals surface area contributed by atoms with Crippen LogP contribution in [-0.2, 0) is 18.0 Å². The Hall–Kier alpha value is -2.84. The first-order valence-corrected chi connectivity index (χ1v) is 8.91. The van der Waals surface area contributed by atoms with Crippen molar-refractivity contribution in [3.8, 4) is 0 Å². The number of carbonyl (C=O) groups is 2. The first kappa shape index (κ1) is 19.9. The van der Waals surface area contributed by atoms with Crippen molar-refractivity contribution in [3.05, 3.63) is 40.7 Å². The normalized spacial score (nSPS) is 14.4. The number of benzene rings is 1. The van der Waals surface area contributed by atoms with E-state index in [-0.39, 0.29) is 11.3 Å². The highest BCUT2D eigenvalue weighted by atomic mass is 19.4. The summed E-state index contributed by atoms with van der Waals surface area (Å²) in [6, 6.07) is 3.21. The molecule has 1 aromatic carbocycles. The number of alkyl halides is 3. The molecule has 28 heavy (non-hydrogen) atoms. The van der Waals surface area contributed by atoms with Gasteiger partial charge in [-0.1, -0.05) is 0 Å². The van der Waals surface area contributed by atoms with E-state index in [1.165, 1.54) is 10.7 Å². The van der Waals surface area contributed by atoms with Crippen molar-refractivity contribution in [2.75, 3.05) is 23.3 Å². The van der Waals surface area contributed by atoms with E-state index in [4.69, 9.17) is 0 Å². The highest BCUT2D eigenvalue weighted by molar-refractivity contribution is 6.47. The van der Waals surface area contributed by atoms with E-state index < -0.39 is 23.4 Å². The Morgan fingerprint density at radius 3 is 2.32 bits per heavy atom. The molecule has 1 aliphatic rings. The van der Waals surface area contributed by atoms with Gasteiger partial charge in [-0.15, -0.1) is 0 Å². The summed E-state index contributed by atoms with van der Waals surface area (Å²) in [7, 11) is 1.65. The zero-order chi connectivity index (χ0) is 20.6. The summed E-state index contributed by atoms with van der Waals surface area (Å²) in [5.41, 5.74) is 0.646. The van der Waals surface area contributed by atoms with Crippen LogP contribution in [0.25, 0.3) is 0 Å². The van der Waals surface area contributed by atoms with Gasteiger partial charge in [0.1, 0.15) is 0 Å². The van der Waals surface area contributed by atoms with Crippen LogP contribution in [0.15, 0.2) is 18.2 Å². The zero-order valence-electron chi connectivity index (χ0n) is 15.9. The summed E-state index contributed by atoms with van der Waals surface area (Å²) in [5, 5.41) is 6.50. The fourth-order valence-electron chi connectivity index (χ4n) is 3.44. The monoisotopic (exact) mass is 394 g/mol. The van der Waals surface area contributed by atoms with Crippen LogP contribution in [0.4, 0.5) is 24.5 Å². The Balaban J connectivity index is 1.94. The molecule has 0 spiro atoms. The molecule has 1 aliphatic heterocycles. The summed E-state index contributed by atoms with van der Waals surface area (Å²) >= 11 is 0. The van der Waals surface area contributed by atoms with Gasteiger partial charge in [-0.2, -0.15) is 18.3 Å². The summed E-state index contributed by atoms with van der Waals surface area (Å²) in [6.07, 6.45) is -2.72. The van der Waals surface area contributed by atoms with Gasteiger partial charge in [0.05, 0.1) is 28.2 Å². The zero-order valence-corrected chi connectivity index (χ0v) is 15.9. The number of carbonyl (C=O) groups excluding carboxylic acids is 2. The van der Waals surface area contributed by atoms with Gasteiger partial charge < -0.3 is 10.2 Å². The van der Waals surface area contributed by atoms with Crippen molar-refractivity contribution >= 4 is 23.1 Å². The second kappa shape index (κ2) is 7.29. The van der Waals surface area contributed by atoms with Crippen molar-refractivity contribution in [2.45, 2.75) is 32.9 Å². The van der Waals surface area contributed by atoms with Gasteiger partial charge in [-0.3, -0.25) is 14.3 Å². The first-order valence-electron chi connectivity index (χ1n) is 8.91. The number of amides is 1. The van der Waals surface area contributed by atoms with Crippen LogP contribution in [0.5, 0.6) is 0 Å². The number of Topliss-reactive ketones (excluding diaryl/α,β-unsaturated/α-hetero) is 1. The molecule has 0 radical (unpaired) electrons. The van der Waals surface area contributed by atoms with E-state index in [1.807, 2.05) is 4.90 Å². The molecule has 0 unspecified atom stereocenters. The molecule has 6 nitrogen and oxygen atoms in total. The van der Waals surface area contributed by atoms with Crippen molar-refractivity contribution in [1.29, 1.82) is 0 Å². The van der Waals surface area contributed by atoms with Crippen LogP contribution in [0, 0.1) is 13.8 Å². The Labute approximate surface area is 160 Å². The van der Waals surface area contributed by atoms with Gasteiger partial charge in [-0.25, -0.2) is 0 Å². The van der Waals surface area contributed by atoms with Crippen LogP contribution < -0.4 is 10.2 Å². The third-order valence-electron chi connectivity index (χ3n) is 4.96. The van der Waals surface area contributed by atoms with Crippen LogP contribution in [0.3, 0.4) is 0 Å². The minimum Gasteiger partial charge on any atom is -0.370 e. The lowest BCUT2D eigenvalue weighted by Gasteiger charge is -2.22. The van der Waals surface area contributed by atoms with E-state index in [9.17, 15) is 22.8 Å². The fourth-order valence-corrected chi connectivity index (χ4v) is 3.44. The van der Waals surface area contributed by atoms with E-state index in [2.05, 4.69) is 10.4 Å². The number of rotatable bonds is 4. The molecule has 2 heterocycles. The van der Waals surface area contributed by atoms with Gasteiger partial charge >= 0.3 is 6.18 Å². The predicted octanol–water partition coefficient (Wildman–Crippen LogP) is 3.48. The number of halogens is 3. The van der Waals surface area contributed by atoms with Gasteiger partial charge in [-0.05, 0) is 44.9 Å². The maximum absolute atomic E-state index is 13.1. The SMILES string of the molecule is Cc1nn(C)c(C)c1C(=O)C(=O)Nc1cc(C(F)(F)F)ccc1N1CCCC1. The van der Waals surface area contributed by atoms with Crippen LogP contribution in [0.1, 0.15) is 40.2 Å². The molecule has 0 aliphatic carbocycles. The average Bonchev–Trinajstić information content (AvgIpc) is 3.22. The highest BCUT2D eigenvalue weighted by Gasteiger charge is 2.32. The van der Waals surface area contributed by atoms with Crippen LogP contribution in [-0.4, -0.2) is 34.6 Å². The molecule has 0 bridgehead atoms. The molecule has 0 saturated carbocycles. The molecule has 0 atom stereocenters. The van der Waals surface area contributed by atoms with Crippen molar-refractivity contribution in [1.82, 2.24) is 9.78 Å². The van der Waals surface area contributed by atoms with Gasteiger partial charge in [0.2, 0.25) is 0 Å². The average molecular weight is 394 g/mol. The van der Waals surface area contributed by atoms with Crippen molar-refractivity contribution in [2.24, 2.45) is 7.05 Å². The second-order valence-electron chi connectivity index (χ2n) is 6.88. The van der Waals surface area contributed by atoms with E-state index in [0.29, 0.717) is 30.2 Å². The van der Waals surface area contributed by atoms with Gasteiger partial charge in [0.25, 0.3) is 11.7 Å². The Morgan fingerprint density at radius 1 is 1.14 bits per heavy atom. The number of nitrogens with one attached hydrogen (secondary N) is 1. The van der Waals surface area contributed by atoms with E-state index in [1.54, 1.807) is 20.9 Å². The number of ketones is 1. The number of anilines is 2. The number of nitrogens with zero attached hydrogens (tertiary/aromatic N) is 3. The molecule has 3 rings (SSSR count). The van der Waals surface area contributed by atoms with Crippen molar-refractivity contribution in [3.63, 3.8) is 0 Å². The molecule has 150 valence electrons. The topological polar surface area (TPSA) is 67.2 Å². The third-order valence-corrected chi connectivity index (χ3v) is 4.96. The summed E-state index contributed by atoms with van der Waals surface area (Å²) < 4.78 is 40.9. The number of hydrogen-bond donors (Lipinski definition) is 1. The largest absolute Gasteiger partial charge is 0.416 e. The number of aryl methyl sites for hydroxylation is 2. The molecule has 1 amide bonds. The molecule has 2 aromatic rings. The minimum absolute atomic E-state index is 0.0192. The molecule has 1 N–H and O–H groups in total. The van der Waals surface area contributed by atoms with E-state index >= 15 is 0 Å².